The summed E-state index contributed by atoms with van der Waals surface area (Å²) in [7, 11) is 1.50. The third-order valence-corrected chi connectivity index (χ3v) is 5.12. The Kier molecular flexibility index (Phi) is 5.10. The predicted octanol–water partition coefficient (Wildman–Crippen LogP) is 3.75. The topological polar surface area (TPSA) is 84.7 Å². The van der Waals surface area contributed by atoms with Gasteiger partial charge in [0.25, 0.3) is 11.8 Å². The maximum atomic E-state index is 13.7. The normalized spacial score (nSPS) is 13.7. The molecule has 1 aliphatic rings. The summed E-state index contributed by atoms with van der Waals surface area (Å²) in [6.07, 6.45) is 0. The average molecular weight is 405 g/mol. The summed E-state index contributed by atoms with van der Waals surface area (Å²) < 4.78 is 19.1. The highest BCUT2D eigenvalue weighted by atomic mass is 19.1. The average Bonchev–Trinajstić information content (AvgIpc) is 3.08. The van der Waals surface area contributed by atoms with E-state index in [0.717, 1.165) is 11.6 Å². The lowest BCUT2D eigenvalue weighted by atomic mass is 10.0. The minimum Gasteiger partial charge on any atom is -0.496 e. The molecule has 30 heavy (non-hydrogen) atoms. The van der Waals surface area contributed by atoms with E-state index in [1.165, 1.54) is 24.1 Å². The molecule has 0 saturated carbocycles. The van der Waals surface area contributed by atoms with Gasteiger partial charge < -0.3 is 20.7 Å². The van der Waals surface area contributed by atoms with E-state index >= 15 is 0 Å². The van der Waals surface area contributed by atoms with Gasteiger partial charge in [0.2, 0.25) is 0 Å². The minimum absolute atomic E-state index is 0.143. The van der Waals surface area contributed by atoms with Crippen molar-refractivity contribution in [1.82, 2.24) is 4.90 Å². The highest BCUT2D eigenvalue weighted by Gasteiger charge is 2.38. The Morgan fingerprint density at radius 2 is 1.87 bits per heavy atom. The molecule has 0 aliphatic carbocycles. The first-order valence-electron chi connectivity index (χ1n) is 9.37. The van der Waals surface area contributed by atoms with Crippen molar-refractivity contribution in [2.75, 3.05) is 18.2 Å². The van der Waals surface area contributed by atoms with Crippen LogP contribution in [0.15, 0.2) is 66.7 Å². The second kappa shape index (κ2) is 7.87. The van der Waals surface area contributed by atoms with Crippen LogP contribution in [0.25, 0.3) is 0 Å². The number of nitrogens with one attached hydrogen (secondary N) is 1. The van der Waals surface area contributed by atoms with Crippen molar-refractivity contribution in [3.8, 4) is 5.75 Å². The van der Waals surface area contributed by atoms with Crippen LogP contribution in [0.3, 0.4) is 0 Å². The Balaban J connectivity index is 1.76. The number of rotatable bonds is 5. The summed E-state index contributed by atoms with van der Waals surface area (Å²) in [6.45, 7) is 0.268. The number of methoxy groups -OCH3 is 1. The zero-order valence-corrected chi connectivity index (χ0v) is 16.3. The molecule has 152 valence electrons. The summed E-state index contributed by atoms with van der Waals surface area (Å²) in [5, 5.41) is 2.67. The fourth-order valence-corrected chi connectivity index (χ4v) is 3.67. The van der Waals surface area contributed by atoms with Gasteiger partial charge in [0, 0.05) is 17.7 Å². The van der Waals surface area contributed by atoms with Crippen molar-refractivity contribution in [1.29, 1.82) is 0 Å². The van der Waals surface area contributed by atoms with Crippen LogP contribution in [0.2, 0.25) is 0 Å². The van der Waals surface area contributed by atoms with E-state index in [1.807, 2.05) is 12.1 Å². The van der Waals surface area contributed by atoms with Gasteiger partial charge in [0.05, 0.1) is 18.5 Å². The van der Waals surface area contributed by atoms with Crippen LogP contribution in [0.1, 0.15) is 27.5 Å². The third kappa shape index (κ3) is 3.45. The molecule has 7 heteroatoms. The molecule has 3 aromatic rings. The minimum atomic E-state index is -0.997. The number of anilines is 2. The van der Waals surface area contributed by atoms with E-state index in [9.17, 15) is 14.0 Å². The van der Waals surface area contributed by atoms with Crippen LogP contribution in [-0.4, -0.2) is 23.8 Å². The first-order valence-corrected chi connectivity index (χ1v) is 9.37. The fourth-order valence-electron chi connectivity index (χ4n) is 3.67. The smallest absolute Gasteiger partial charge is 0.255 e. The molecular formula is C23H20FN3O3. The highest BCUT2D eigenvalue weighted by Crippen LogP contribution is 2.36. The maximum absolute atomic E-state index is 13.7. The number of benzene rings is 3. The lowest BCUT2D eigenvalue weighted by Gasteiger charge is -2.28. The van der Waals surface area contributed by atoms with Crippen molar-refractivity contribution in [2.24, 2.45) is 0 Å². The van der Waals surface area contributed by atoms with Crippen molar-refractivity contribution in [2.45, 2.75) is 12.6 Å². The standard InChI is InChI=1S/C23H20FN3O3/c1-30-20-9-5-4-8-17(20)21(22(28)26-19-12-15(24)10-11-18(19)25)27-13-14-6-2-3-7-16(14)23(27)29/h2-12,21H,13,25H2,1H3,(H,26,28). The molecule has 2 amide bonds. The number of hydrogen-bond donors (Lipinski definition) is 2. The van der Waals surface area contributed by atoms with E-state index in [-0.39, 0.29) is 23.8 Å². The molecular weight excluding hydrogens is 385 g/mol. The van der Waals surface area contributed by atoms with Crippen LogP contribution in [-0.2, 0) is 11.3 Å². The van der Waals surface area contributed by atoms with Gasteiger partial charge >= 0.3 is 0 Å². The van der Waals surface area contributed by atoms with E-state index in [4.69, 9.17) is 10.5 Å². The zero-order chi connectivity index (χ0) is 21.3. The molecule has 1 aliphatic heterocycles. The summed E-state index contributed by atoms with van der Waals surface area (Å²) in [4.78, 5) is 28.0. The monoisotopic (exact) mass is 405 g/mol. The van der Waals surface area contributed by atoms with E-state index < -0.39 is 17.8 Å². The van der Waals surface area contributed by atoms with Crippen LogP contribution in [0.5, 0.6) is 5.75 Å². The number of nitrogen functional groups attached to an aromatic ring is 1. The molecule has 1 unspecified atom stereocenters. The Hall–Kier alpha value is -3.87. The second-order valence-corrected chi connectivity index (χ2v) is 6.96. The van der Waals surface area contributed by atoms with Crippen LogP contribution < -0.4 is 15.8 Å². The largest absolute Gasteiger partial charge is 0.496 e. The molecule has 1 atom stereocenters. The second-order valence-electron chi connectivity index (χ2n) is 6.96. The van der Waals surface area contributed by atoms with Crippen molar-refractivity contribution >= 4 is 23.2 Å². The molecule has 0 spiro atoms. The first kappa shape index (κ1) is 19.4. The Morgan fingerprint density at radius 3 is 2.63 bits per heavy atom. The maximum Gasteiger partial charge on any atom is 0.255 e. The number of fused-ring (bicyclic) bond motifs is 1. The van der Waals surface area contributed by atoms with E-state index in [1.54, 1.807) is 36.4 Å². The number of hydrogen-bond acceptors (Lipinski definition) is 4. The molecule has 3 aromatic carbocycles. The lowest BCUT2D eigenvalue weighted by Crippen LogP contribution is -2.38. The van der Waals surface area contributed by atoms with Crippen molar-refractivity contribution < 1.29 is 18.7 Å². The van der Waals surface area contributed by atoms with E-state index in [2.05, 4.69) is 5.32 Å². The summed E-state index contributed by atoms with van der Waals surface area (Å²) >= 11 is 0. The van der Waals surface area contributed by atoms with Gasteiger partial charge in [-0.25, -0.2) is 4.39 Å². The first-order chi connectivity index (χ1) is 14.5. The molecule has 0 radical (unpaired) electrons. The van der Waals surface area contributed by atoms with Gasteiger partial charge in [-0.05, 0) is 35.9 Å². The SMILES string of the molecule is COc1ccccc1C(C(=O)Nc1cc(F)ccc1N)N1Cc2ccccc2C1=O. The lowest BCUT2D eigenvalue weighted by molar-refractivity contribution is -0.120. The van der Waals surface area contributed by atoms with Crippen LogP contribution in [0.4, 0.5) is 15.8 Å². The fraction of sp³-hybridized carbons (Fsp3) is 0.130. The van der Waals surface area contributed by atoms with Gasteiger partial charge in [-0.1, -0.05) is 36.4 Å². The Morgan fingerprint density at radius 1 is 1.13 bits per heavy atom. The number of para-hydroxylation sites is 1. The molecule has 0 aromatic heterocycles. The molecule has 0 fully saturated rings. The van der Waals surface area contributed by atoms with Crippen molar-refractivity contribution in [3.63, 3.8) is 0 Å². The predicted molar refractivity (Wildman–Crippen MR) is 111 cm³/mol. The van der Waals surface area contributed by atoms with Crippen LogP contribution >= 0.6 is 0 Å². The van der Waals surface area contributed by atoms with Crippen LogP contribution in [0, 0.1) is 5.82 Å². The highest BCUT2D eigenvalue weighted by molar-refractivity contribution is 6.04. The van der Waals surface area contributed by atoms with E-state index in [0.29, 0.717) is 16.9 Å². The molecule has 0 saturated heterocycles. The van der Waals surface area contributed by atoms with Gasteiger partial charge in [-0.15, -0.1) is 0 Å². The molecule has 3 N–H and O–H groups in total. The number of carbonyl (C=O) groups excluding carboxylic acids is 2. The molecule has 0 bridgehead atoms. The number of ether oxygens (including phenoxy) is 1. The summed E-state index contributed by atoms with van der Waals surface area (Å²) in [5.41, 5.74) is 8.17. The van der Waals surface area contributed by atoms with Gasteiger partial charge in [0.15, 0.2) is 0 Å². The zero-order valence-electron chi connectivity index (χ0n) is 16.3. The quantitative estimate of drug-likeness (QED) is 0.633. The third-order valence-electron chi connectivity index (χ3n) is 5.12. The molecule has 6 nitrogen and oxygen atoms in total. The Labute approximate surface area is 173 Å². The van der Waals surface area contributed by atoms with Gasteiger partial charge in [0.1, 0.15) is 17.6 Å². The summed E-state index contributed by atoms with van der Waals surface area (Å²) in [5.74, 6) is -0.839. The molecule has 4 rings (SSSR count). The summed E-state index contributed by atoms with van der Waals surface area (Å²) in [6, 6.07) is 17.0. The number of halogens is 1. The van der Waals surface area contributed by atoms with Gasteiger partial charge in [-0.3, -0.25) is 9.59 Å². The number of carbonyl (C=O) groups is 2. The Bertz CT molecular complexity index is 1130. The number of amides is 2. The van der Waals surface area contributed by atoms with Gasteiger partial charge in [-0.2, -0.15) is 0 Å². The number of nitrogens with zero attached hydrogens (tertiary/aromatic N) is 1. The molecule has 1 heterocycles. The number of nitrogens with two attached hydrogens (primary N) is 1. The van der Waals surface area contributed by atoms with Crippen molar-refractivity contribution in [3.05, 3.63) is 89.2 Å².